The highest BCUT2D eigenvalue weighted by Gasteiger charge is 2.36. The number of nitrogens with one attached hydrogen (secondary N) is 1. The number of aliphatic hydroxyl groups is 1. The van der Waals surface area contributed by atoms with E-state index in [9.17, 15) is 34.3 Å². The zero-order valence-corrected chi connectivity index (χ0v) is 39.5. The minimum atomic E-state index is -1.28. The molecule has 2 amide bonds. The van der Waals surface area contributed by atoms with Gasteiger partial charge in [0.15, 0.2) is 23.2 Å². The summed E-state index contributed by atoms with van der Waals surface area (Å²) in [4.78, 5) is 81.0. The number of carbonyl (C=O) groups is 5. The number of rotatable bonds is 19. The first-order valence-corrected chi connectivity index (χ1v) is 22.2. The molecule has 2 heterocycles. The third-order valence-corrected chi connectivity index (χ3v) is 11.4. The lowest BCUT2D eigenvalue weighted by Crippen LogP contribution is -2.45. The van der Waals surface area contributed by atoms with Gasteiger partial charge >= 0.3 is 0 Å². The molecule has 5 rings (SSSR count). The molecule has 1 aliphatic heterocycles. The number of carbonyl (C=O) groups excluding carboxylic acids is 5. The molecule has 1 aromatic heterocycles. The van der Waals surface area contributed by atoms with E-state index in [-0.39, 0.29) is 89.7 Å². The maximum absolute atomic E-state index is 14.7. The molecule has 0 unspecified atom stereocenters. The van der Waals surface area contributed by atoms with Crippen LogP contribution in [0.2, 0.25) is 0 Å². The van der Waals surface area contributed by atoms with Gasteiger partial charge in [0, 0.05) is 87.2 Å². The third kappa shape index (κ3) is 13.5. The smallest absolute Gasteiger partial charge is 0.226 e. The third-order valence-electron chi connectivity index (χ3n) is 11.4. The largest absolute Gasteiger partial charge is 0.492 e. The number of aliphatic hydroxyl groups excluding tert-OH is 1. The van der Waals surface area contributed by atoms with Crippen molar-refractivity contribution >= 4 is 42.7 Å². The first-order valence-electron chi connectivity index (χ1n) is 22.2. The summed E-state index contributed by atoms with van der Waals surface area (Å²) < 4.78 is 12.2. The van der Waals surface area contributed by atoms with Crippen molar-refractivity contribution in [3.8, 4) is 40.1 Å². The number of Topliss-reactive ketones (excluding diaryl/α,β-unsaturated/α-hetero) is 3. The van der Waals surface area contributed by atoms with Gasteiger partial charge in [-0.05, 0) is 73.1 Å². The summed E-state index contributed by atoms with van der Waals surface area (Å²) in [5.41, 5.74) is 16.4. The van der Waals surface area contributed by atoms with Crippen LogP contribution in [-0.2, 0) is 32.0 Å². The summed E-state index contributed by atoms with van der Waals surface area (Å²) in [6.07, 6.45) is 1.65. The number of amides is 2. The second-order valence-electron chi connectivity index (χ2n) is 17.0. The number of fused-ring (bicyclic) bond motifs is 5. The van der Waals surface area contributed by atoms with Crippen LogP contribution in [0.15, 0.2) is 66.9 Å². The number of aryl methyl sites for hydroxylation is 1. The lowest BCUT2D eigenvalue weighted by Gasteiger charge is -2.32. The normalized spacial score (nSPS) is 16.5. The average molecular weight is 922 g/mol. The van der Waals surface area contributed by atoms with Crippen LogP contribution in [0.1, 0.15) is 91.7 Å². The fourth-order valence-electron chi connectivity index (χ4n) is 8.07. The SMILES string of the molecule is Cc1nc(-c2ccc(CC(C)C)cc2)ncc1C(=O)C[C@@H](CCO)C(=O)N(C)[C@@H]1C(=O)C[C@@H](C)C(=O)N[C@H](C(=O)CCC#N)Cc2ccc(OCCN)c(c2)-c2cc1ccc2OCCN.S. The zero-order chi connectivity index (χ0) is 47.2. The van der Waals surface area contributed by atoms with E-state index in [0.717, 1.165) is 12.0 Å². The molecule has 4 aromatic rings. The molecule has 4 bridgehead atoms. The topological polar surface area (TPSA) is 241 Å². The molecule has 66 heavy (non-hydrogen) atoms. The van der Waals surface area contributed by atoms with Crippen molar-refractivity contribution < 1.29 is 38.6 Å². The van der Waals surface area contributed by atoms with Crippen LogP contribution >= 0.6 is 13.5 Å². The Morgan fingerprint density at radius 1 is 0.970 bits per heavy atom. The quantitative estimate of drug-likeness (QED) is 0.0865. The molecule has 0 saturated heterocycles. The van der Waals surface area contributed by atoms with Gasteiger partial charge in [0.25, 0.3) is 0 Å². The number of ketones is 3. The maximum Gasteiger partial charge on any atom is 0.226 e. The summed E-state index contributed by atoms with van der Waals surface area (Å²) in [6.45, 7) is 7.90. The van der Waals surface area contributed by atoms with Crippen LogP contribution in [-0.4, -0.2) is 95.1 Å². The van der Waals surface area contributed by atoms with Crippen molar-refractivity contribution in [1.29, 1.82) is 5.26 Å². The fraction of sp³-hybridized carbons (Fsp3) is 0.440. The molecule has 3 aromatic carbocycles. The molecule has 0 aliphatic carbocycles. The van der Waals surface area contributed by atoms with Crippen molar-refractivity contribution in [2.24, 2.45) is 29.2 Å². The van der Waals surface area contributed by atoms with Crippen molar-refractivity contribution in [1.82, 2.24) is 20.2 Å². The number of nitrogens with zero attached hydrogens (tertiary/aromatic N) is 4. The number of benzene rings is 3. The number of ether oxygens (including phenoxy) is 2. The molecule has 1 aliphatic rings. The predicted molar refractivity (Wildman–Crippen MR) is 256 cm³/mol. The highest BCUT2D eigenvalue weighted by Crippen LogP contribution is 2.41. The van der Waals surface area contributed by atoms with Crippen LogP contribution in [0.25, 0.3) is 22.5 Å². The monoisotopic (exact) mass is 921 g/mol. The standard InChI is InChI=1S/C50H61N7O8.H2S/c1-30(2)23-33-8-11-35(12-9-33)48-54-29-40(32(4)55-48)43(60)28-37(16-20-58)50(63)57(5)47-36-13-15-46(65-22-19-53)39(27-36)38-25-34(10-14-45(38)64-21-18-52)26-41(42(59)7-6-17-51)56-49(62)31(3)24-44(47)61;/h8-15,25,27,29-31,37,41,47,58H,6-7,16,18-24,26,28,52-53H2,1-5H3,(H,56,62);1H2/t31-,37-,41+,47+;/m1./s1. The lowest BCUT2D eigenvalue weighted by molar-refractivity contribution is -0.142. The van der Waals surface area contributed by atoms with Gasteiger partial charge in [0.2, 0.25) is 11.8 Å². The van der Waals surface area contributed by atoms with E-state index in [0.29, 0.717) is 51.2 Å². The number of nitrogens with two attached hydrogens (primary N) is 2. The highest BCUT2D eigenvalue weighted by molar-refractivity contribution is 7.59. The zero-order valence-electron chi connectivity index (χ0n) is 38.5. The van der Waals surface area contributed by atoms with Crippen molar-refractivity contribution in [2.45, 2.75) is 84.7 Å². The summed E-state index contributed by atoms with van der Waals surface area (Å²) in [5.74, 6) is -2.57. The maximum atomic E-state index is 14.7. The van der Waals surface area contributed by atoms with Gasteiger partial charge in [-0.3, -0.25) is 24.0 Å². The number of aromatic nitrogens is 2. The van der Waals surface area contributed by atoms with Gasteiger partial charge in [-0.25, -0.2) is 9.97 Å². The first-order chi connectivity index (χ1) is 31.2. The minimum Gasteiger partial charge on any atom is -0.492 e. The lowest BCUT2D eigenvalue weighted by atomic mass is 9.88. The van der Waals surface area contributed by atoms with E-state index in [4.69, 9.17) is 20.9 Å². The molecular formula is C50H63N7O8S. The Hall–Kier alpha value is -5.99. The van der Waals surface area contributed by atoms with Gasteiger partial charge in [-0.1, -0.05) is 57.2 Å². The molecular weight excluding hydrogens is 859 g/mol. The summed E-state index contributed by atoms with van der Waals surface area (Å²) in [7, 11) is 1.46. The highest BCUT2D eigenvalue weighted by atomic mass is 32.1. The van der Waals surface area contributed by atoms with Crippen LogP contribution < -0.4 is 26.3 Å². The first kappa shape index (κ1) is 52.6. The second-order valence-corrected chi connectivity index (χ2v) is 17.0. The number of nitriles is 1. The Morgan fingerprint density at radius 3 is 2.23 bits per heavy atom. The molecule has 4 atom stereocenters. The second kappa shape index (κ2) is 25.1. The molecule has 15 nitrogen and oxygen atoms in total. The summed E-state index contributed by atoms with van der Waals surface area (Å²) >= 11 is 0. The Kier molecular flexibility index (Phi) is 20.0. The van der Waals surface area contributed by atoms with E-state index < -0.39 is 53.9 Å². The van der Waals surface area contributed by atoms with Crippen LogP contribution in [0.5, 0.6) is 11.5 Å². The van der Waals surface area contributed by atoms with Gasteiger partial charge in [-0.2, -0.15) is 18.8 Å². The molecule has 6 N–H and O–H groups in total. The number of likely N-dealkylation sites (N-methyl/N-ethyl adjacent to an activating group) is 1. The Labute approximate surface area is 394 Å². The van der Waals surface area contributed by atoms with E-state index in [2.05, 4.69) is 29.1 Å². The van der Waals surface area contributed by atoms with Crippen molar-refractivity contribution in [3.63, 3.8) is 0 Å². The van der Waals surface area contributed by atoms with Gasteiger partial charge in [0.1, 0.15) is 30.8 Å². The van der Waals surface area contributed by atoms with Crippen LogP contribution in [0.4, 0.5) is 0 Å². The van der Waals surface area contributed by atoms with E-state index >= 15 is 0 Å². The van der Waals surface area contributed by atoms with Gasteiger partial charge < -0.3 is 36.3 Å². The Morgan fingerprint density at radius 2 is 1.62 bits per heavy atom. The molecule has 0 spiro atoms. The Bertz CT molecular complexity index is 2390. The van der Waals surface area contributed by atoms with Crippen molar-refractivity contribution in [2.75, 3.05) is 40.0 Å². The number of hydrogen-bond donors (Lipinski definition) is 4. The molecule has 0 fully saturated rings. The number of hydrogen-bond acceptors (Lipinski definition) is 13. The van der Waals surface area contributed by atoms with E-state index in [1.54, 1.807) is 44.2 Å². The average Bonchev–Trinajstić information content (AvgIpc) is 3.28. The van der Waals surface area contributed by atoms with Crippen LogP contribution in [0, 0.1) is 36.0 Å². The fourth-order valence-corrected chi connectivity index (χ4v) is 8.07. The van der Waals surface area contributed by atoms with E-state index in [1.165, 1.54) is 23.7 Å². The van der Waals surface area contributed by atoms with Crippen molar-refractivity contribution in [3.05, 3.63) is 94.8 Å². The van der Waals surface area contributed by atoms with E-state index in [1.807, 2.05) is 36.4 Å². The molecule has 0 saturated carbocycles. The summed E-state index contributed by atoms with van der Waals surface area (Å²) in [6, 6.07) is 18.1. The predicted octanol–water partition coefficient (Wildman–Crippen LogP) is 5.39. The molecule has 16 heteroatoms. The summed E-state index contributed by atoms with van der Waals surface area (Å²) in [5, 5.41) is 22.2. The minimum absolute atomic E-state index is 0. The van der Waals surface area contributed by atoms with Gasteiger partial charge in [0.05, 0.1) is 23.4 Å². The van der Waals surface area contributed by atoms with Crippen LogP contribution in [0.3, 0.4) is 0 Å². The molecule has 0 radical (unpaired) electrons. The van der Waals surface area contributed by atoms with Gasteiger partial charge in [-0.15, -0.1) is 0 Å². The Balaban J connectivity index is 0.00000952. The molecule has 352 valence electrons.